The first-order chi connectivity index (χ1) is 15.5. The smallest absolute Gasteiger partial charge is 0.326 e. The van der Waals surface area contributed by atoms with E-state index in [4.69, 9.17) is 16.6 Å². The Labute approximate surface area is 195 Å². The maximum atomic E-state index is 12.9. The Bertz CT molecular complexity index is 764. The molecule has 4 unspecified atom stereocenters. The number of carboxylic acids is 2. The highest BCUT2D eigenvalue weighted by atomic mass is 32.2. The Morgan fingerprint density at radius 1 is 1.09 bits per heavy atom. The van der Waals surface area contributed by atoms with Crippen molar-refractivity contribution in [2.45, 2.75) is 62.7 Å². The molecule has 0 aromatic rings. The highest BCUT2D eigenvalue weighted by Gasteiger charge is 2.38. The van der Waals surface area contributed by atoms with E-state index in [1.807, 2.05) is 6.26 Å². The zero-order chi connectivity index (χ0) is 25.1. The summed E-state index contributed by atoms with van der Waals surface area (Å²) in [5, 5.41) is 22.6. The number of nitrogens with zero attached hydrogens (tertiary/aromatic N) is 1. The Balaban J connectivity index is 2.93. The molecule has 1 rings (SSSR count). The van der Waals surface area contributed by atoms with Gasteiger partial charge in [-0.15, -0.1) is 0 Å². The van der Waals surface area contributed by atoms with Crippen LogP contribution in [0.25, 0.3) is 0 Å². The van der Waals surface area contributed by atoms with Crippen LogP contribution < -0.4 is 22.1 Å². The summed E-state index contributed by atoms with van der Waals surface area (Å²) in [4.78, 5) is 72.8. The summed E-state index contributed by atoms with van der Waals surface area (Å²) < 4.78 is 0. The van der Waals surface area contributed by atoms with Crippen molar-refractivity contribution in [2.75, 3.05) is 18.6 Å². The molecule has 0 radical (unpaired) electrons. The minimum atomic E-state index is -1.64. The second kappa shape index (κ2) is 13.6. The summed E-state index contributed by atoms with van der Waals surface area (Å²) in [6.45, 7) is 0.315. The third kappa shape index (κ3) is 9.26. The van der Waals surface area contributed by atoms with Gasteiger partial charge < -0.3 is 37.2 Å². The lowest BCUT2D eigenvalue weighted by Crippen LogP contribution is -2.57. The molecule has 1 aliphatic rings. The number of nitrogens with one attached hydrogen (secondary N) is 2. The van der Waals surface area contributed by atoms with Crippen LogP contribution in [0.15, 0.2) is 0 Å². The molecule has 4 atom stereocenters. The Hall–Kier alpha value is -2.87. The van der Waals surface area contributed by atoms with Crippen LogP contribution in [0.5, 0.6) is 0 Å². The first-order valence-corrected chi connectivity index (χ1v) is 11.8. The summed E-state index contributed by atoms with van der Waals surface area (Å²) in [7, 11) is 0. The zero-order valence-corrected chi connectivity index (χ0v) is 19.1. The molecule has 186 valence electrons. The van der Waals surface area contributed by atoms with Crippen LogP contribution >= 0.6 is 11.8 Å². The zero-order valence-electron chi connectivity index (χ0n) is 18.3. The number of hydrogen-bond donors (Lipinski definition) is 6. The van der Waals surface area contributed by atoms with Crippen molar-refractivity contribution in [1.29, 1.82) is 0 Å². The molecule has 0 aromatic carbocycles. The van der Waals surface area contributed by atoms with Crippen LogP contribution in [-0.4, -0.2) is 93.4 Å². The average Bonchev–Trinajstić information content (AvgIpc) is 3.23. The average molecular weight is 490 g/mol. The number of primary amides is 1. The first-order valence-electron chi connectivity index (χ1n) is 10.4. The number of hydrogen-bond acceptors (Lipinski definition) is 8. The molecule has 0 bridgehead atoms. The van der Waals surface area contributed by atoms with Gasteiger partial charge in [0.1, 0.15) is 18.1 Å². The minimum Gasteiger partial charge on any atom is -0.481 e. The van der Waals surface area contributed by atoms with Crippen molar-refractivity contribution in [3.05, 3.63) is 0 Å². The van der Waals surface area contributed by atoms with E-state index in [2.05, 4.69) is 10.6 Å². The molecular weight excluding hydrogens is 458 g/mol. The number of thioether (sulfide) groups is 1. The molecular formula is C19H31N5O8S. The first kappa shape index (κ1) is 28.2. The van der Waals surface area contributed by atoms with E-state index in [1.165, 1.54) is 16.7 Å². The number of carboxylic acid groups (broad SMARTS) is 2. The minimum absolute atomic E-state index is 0.315. The molecule has 1 aliphatic heterocycles. The number of likely N-dealkylation sites (tertiary alicyclic amines) is 1. The normalized spacial score (nSPS) is 18.1. The molecule has 13 nitrogen and oxygen atoms in total. The van der Waals surface area contributed by atoms with Crippen molar-refractivity contribution < 1.29 is 39.0 Å². The Kier molecular flexibility index (Phi) is 11.6. The fraction of sp³-hybridized carbons (Fsp3) is 0.684. The quantitative estimate of drug-likeness (QED) is 0.155. The second-order valence-corrected chi connectivity index (χ2v) is 8.63. The highest BCUT2D eigenvalue weighted by Crippen LogP contribution is 2.19. The number of rotatable bonds is 14. The van der Waals surface area contributed by atoms with Crippen molar-refractivity contribution in [1.82, 2.24) is 15.5 Å². The third-order valence-corrected chi connectivity index (χ3v) is 5.73. The molecule has 4 amide bonds. The van der Waals surface area contributed by atoms with Gasteiger partial charge in [-0.05, 0) is 37.7 Å². The highest BCUT2D eigenvalue weighted by molar-refractivity contribution is 7.98. The van der Waals surface area contributed by atoms with Gasteiger partial charge in [0.2, 0.25) is 23.6 Å². The largest absolute Gasteiger partial charge is 0.481 e. The summed E-state index contributed by atoms with van der Waals surface area (Å²) in [5.41, 5.74) is 10.9. The van der Waals surface area contributed by atoms with E-state index in [9.17, 15) is 33.9 Å². The van der Waals surface area contributed by atoms with Gasteiger partial charge in [-0.2, -0.15) is 11.8 Å². The van der Waals surface area contributed by atoms with Gasteiger partial charge in [-0.25, -0.2) is 4.79 Å². The standard InChI is InChI=1S/C19H31N5O8S/c1-33-8-6-10(20)18(30)24-7-2-3-13(24)17(29)22-11(4-5-15(26)27)16(28)23-12(19(31)32)9-14(21)25/h10-13H,2-9,20H2,1H3,(H2,21,25)(H,22,29)(H,23,28)(H,26,27)(H,31,32). The summed E-state index contributed by atoms with van der Waals surface area (Å²) in [6.07, 6.45) is 1.70. The van der Waals surface area contributed by atoms with Crippen LogP contribution in [0.1, 0.15) is 38.5 Å². The van der Waals surface area contributed by atoms with Crippen molar-refractivity contribution in [3.63, 3.8) is 0 Å². The van der Waals surface area contributed by atoms with Crippen LogP contribution in [0, 0.1) is 0 Å². The van der Waals surface area contributed by atoms with Gasteiger partial charge in [-0.1, -0.05) is 0 Å². The van der Waals surface area contributed by atoms with E-state index in [0.29, 0.717) is 31.6 Å². The molecule has 0 aliphatic carbocycles. The molecule has 0 saturated carbocycles. The molecule has 33 heavy (non-hydrogen) atoms. The van der Waals surface area contributed by atoms with Crippen molar-refractivity contribution in [2.24, 2.45) is 11.5 Å². The van der Waals surface area contributed by atoms with Gasteiger partial charge >= 0.3 is 11.9 Å². The number of carbonyl (C=O) groups excluding carboxylic acids is 4. The van der Waals surface area contributed by atoms with Crippen molar-refractivity contribution >= 4 is 47.3 Å². The van der Waals surface area contributed by atoms with Crippen molar-refractivity contribution in [3.8, 4) is 0 Å². The second-order valence-electron chi connectivity index (χ2n) is 7.64. The SMILES string of the molecule is CSCCC(N)C(=O)N1CCCC1C(=O)NC(CCC(=O)O)C(=O)NC(CC(N)=O)C(=O)O. The molecule has 0 aromatic heterocycles. The lowest BCUT2D eigenvalue weighted by atomic mass is 10.1. The molecule has 1 saturated heterocycles. The van der Waals surface area contributed by atoms with Gasteiger partial charge in [0.25, 0.3) is 0 Å². The molecule has 0 spiro atoms. The van der Waals surface area contributed by atoms with Crippen LogP contribution in [0.4, 0.5) is 0 Å². The monoisotopic (exact) mass is 489 g/mol. The summed E-state index contributed by atoms with van der Waals surface area (Å²) in [6, 6.07) is -4.70. The summed E-state index contributed by atoms with van der Waals surface area (Å²) in [5.74, 6) is -5.09. The van der Waals surface area contributed by atoms with E-state index < -0.39 is 66.7 Å². The topological polar surface area (TPSA) is 222 Å². The fourth-order valence-electron chi connectivity index (χ4n) is 3.36. The van der Waals surface area contributed by atoms with Crippen LogP contribution in [0.2, 0.25) is 0 Å². The van der Waals surface area contributed by atoms with E-state index in [-0.39, 0.29) is 12.3 Å². The number of aliphatic carboxylic acids is 2. The number of nitrogens with two attached hydrogens (primary N) is 2. The number of amides is 4. The maximum absolute atomic E-state index is 12.9. The van der Waals surface area contributed by atoms with Crippen LogP contribution in [0.3, 0.4) is 0 Å². The maximum Gasteiger partial charge on any atom is 0.326 e. The third-order valence-electron chi connectivity index (χ3n) is 5.09. The van der Waals surface area contributed by atoms with Gasteiger partial charge in [0, 0.05) is 13.0 Å². The van der Waals surface area contributed by atoms with E-state index in [1.54, 1.807) is 0 Å². The lowest BCUT2D eigenvalue weighted by molar-refractivity contribution is -0.144. The molecule has 14 heteroatoms. The number of carbonyl (C=O) groups is 6. The molecule has 8 N–H and O–H groups in total. The van der Waals surface area contributed by atoms with Gasteiger partial charge in [0.05, 0.1) is 12.5 Å². The van der Waals surface area contributed by atoms with Gasteiger partial charge in [0.15, 0.2) is 0 Å². The van der Waals surface area contributed by atoms with Gasteiger partial charge in [-0.3, -0.25) is 24.0 Å². The summed E-state index contributed by atoms with van der Waals surface area (Å²) >= 11 is 1.53. The lowest BCUT2D eigenvalue weighted by Gasteiger charge is -2.28. The molecule has 1 heterocycles. The predicted molar refractivity (Wildman–Crippen MR) is 118 cm³/mol. The Morgan fingerprint density at radius 2 is 1.76 bits per heavy atom. The predicted octanol–water partition coefficient (Wildman–Crippen LogP) is -2.15. The molecule has 1 fully saturated rings. The Morgan fingerprint density at radius 3 is 2.30 bits per heavy atom. The van der Waals surface area contributed by atoms with Crippen LogP contribution in [-0.2, 0) is 28.8 Å². The van der Waals surface area contributed by atoms with E-state index in [0.717, 1.165) is 0 Å². The fourth-order valence-corrected chi connectivity index (χ4v) is 3.85. The van der Waals surface area contributed by atoms with E-state index >= 15 is 0 Å².